The molecule has 2 nitrogen and oxygen atoms in total. The van der Waals surface area contributed by atoms with E-state index in [1.807, 2.05) is 6.92 Å². The molecule has 4 heteroatoms. The third kappa shape index (κ3) is 3.79. The number of carbonyl (C=O) groups is 1. The minimum Gasteiger partial charge on any atom is -0.414 e. The monoisotopic (exact) mass is 508 g/mol. The zero-order valence-corrected chi connectivity index (χ0v) is 23.8. The number of allylic oxidation sites excluding steroid dienone is 1. The zero-order valence-electron chi connectivity index (χ0n) is 21.2. The van der Waals surface area contributed by atoms with Gasteiger partial charge in [-0.2, -0.15) is 0 Å². The lowest BCUT2D eigenvalue weighted by Gasteiger charge is -2.59. The maximum atomic E-state index is 12.4. The number of Topliss-reactive ketones (excluding diaryl/α,β-unsaturated/α-hetero) is 1. The Morgan fingerprint density at radius 2 is 1.77 bits per heavy atom. The second-order valence-electron chi connectivity index (χ2n) is 13.4. The van der Waals surface area contributed by atoms with Crippen molar-refractivity contribution in [3.8, 4) is 0 Å². The summed E-state index contributed by atoms with van der Waals surface area (Å²) in [6.07, 6.45) is 11.4. The molecule has 31 heavy (non-hydrogen) atoms. The van der Waals surface area contributed by atoms with Gasteiger partial charge in [0.25, 0.3) is 0 Å². The number of rotatable bonds is 3. The smallest absolute Gasteiger partial charge is 0.192 e. The zero-order chi connectivity index (χ0) is 23.0. The molecule has 0 saturated heterocycles. The molecule has 0 bridgehead atoms. The van der Waals surface area contributed by atoms with E-state index in [0.717, 1.165) is 18.8 Å². The van der Waals surface area contributed by atoms with Crippen LogP contribution < -0.4 is 0 Å². The molecule has 0 unspecified atom stereocenters. The maximum Gasteiger partial charge on any atom is 0.192 e. The SMILES string of the molecule is CC(=O)[C@H]1CC[C@H]2[C@@H]3[C@H](Br)C=C4C[C@@H](O[Si](C)(C)C(C)(C)C)CC[C@]4(C)[C@H]3CC[C@]12C. The van der Waals surface area contributed by atoms with E-state index < -0.39 is 8.32 Å². The lowest BCUT2D eigenvalue weighted by Crippen LogP contribution is -2.54. The summed E-state index contributed by atoms with van der Waals surface area (Å²) in [6, 6.07) is 0. The van der Waals surface area contributed by atoms with Crippen LogP contribution in [-0.2, 0) is 9.22 Å². The van der Waals surface area contributed by atoms with Crippen LogP contribution >= 0.6 is 15.9 Å². The van der Waals surface area contributed by atoms with E-state index in [1.54, 1.807) is 5.57 Å². The fourth-order valence-corrected chi connectivity index (χ4v) is 10.4. The largest absolute Gasteiger partial charge is 0.414 e. The van der Waals surface area contributed by atoms with E-state index in [0.29, 0.717) is 34.0 Å². The number of fused-ring (bicyclic) bond motifs is 5. The van der Waals surface area contributed by atoms with Crippen molar-refractivity contribution < 1.29 is 9.22 Å². The fourth-order valence-electron chi connectivity index (χ4n) is 7.93. The first-order chi connectivity index (χ1) is 14.2. The van der Waals surface area contributed by atoms with Gasteiger partial charge in [0.05, 0.1) is 0 Å². The molecule has 3 saturated carbocycles. The number of carbonyl (C=O) groups excluding carboxylic acids is 1. The van der Waals surface area contributed by atoms with Gasteiger partial charge >= 0.3 is 0 Å². The molecule has 4 aliphatic carbocycles. The van der Waals surface area contributed by atoms with Crippen molar-refractivity contribution in [1.82, 2.24) is 0 Å². The molecule has 176 valence electrons. The number of alkyl halides is 1. The number of ketones is 1. The number of hydrogen-bond donors (Lipinski definition) is 0. The first-order valence-corrected chi connectivity index (χ1v) is 16.6. The van der Waals surface area contributed by atoms with Crippen molar-refractivity contribution in [3.05, 3.63) is 11.6 Å². The summed E-state index contributed by atoms with van der Waals surface area (Å²) in [5.74, 6) is 2.81. The molecule has 0 amide bonds. The van der Waals surface area contributed by atoms with Crippen LogP contribution in [0, 0.1) is 34.5 Å². The Morgan fingerprint density at radius 3 is 2.39 bits per heavy atom. The number of halogens is 1. The highest BCUT2D eigenvalue weighted by Gasteiger charge is 2.61. The minimum absolute atomic E-state index is 0.212. The summed E-state index contributed by atoms with van der Waals surface area (Å²) in [5, 5.41) is 0.265. The van der Waals surface area contributed by atoms with Gasteiger partial charge in [0.2, 0.25) is 0 Å². The van der Waals surface area contributed by atoms with Gasteiger partial charge in [-0.05, 0) is 98.6 Å². The van der Waals surface area contributed by atoms with E-state index in [9.17, 15) is 4.79 Å². The second-order valence-corrected chi connectivity index (χ2v) is 19.2. The molecule has 0 radical (unpaired) electrons. The topological polar surface area (TPSA) is 26.3 Å². The average Bonchev–Trinajstić information content (AvgIpc) is 2.99. The molecule has 0 spiro atoms. The van der Waals surface area contributed by atoms with Gasteiger partial charge in [-0.3, -0.25) is 4.79 Å². The van der Waals surface area contributed by atoms with E-state index in [4.69, 9.17) is 4.43 Å². The lowest BCUT2D eigenvalue weighted by molar-refractivity contribution is -0.127. The van der Waals surface area contributed by atoms with Crippen molar-refractivity contribution >= 4 is 30.0 Å². The average molecular weight is 510 g/mol. The molecule has 0 N–H and O–H groups in total. The summed E-state index contributed by atoms with van der Waals surface area (Å²) in [7, 11) is -1.74. The Hall–Kier alpha value is 0.0669. The maximum absolute atomic E-state index is 12.4. The molecule has 4 aliphatic rings. The van der Waals surface area contributed by atoms with Crippen LogP contribution in [0.1, 0.15) is 86.5 Å². The van der Waals surface area contributed by atoms with Crippen LogP contribution in [0.3, 0.4) is 0 Å². The van der Waals surface area contributed by atoms with Crippen molar-refractivity contribution in [3.63, 3.8) is 0 Å². The van der Waals surface area contributed by atoms with Gasteiger partial charge in [-0.15, -0.1) is 0 Å². The number of hydrogen-bond acceptors (Lipinski definition) is 2. The van der Waals surface area contributed by atoms with E-state index >= 15 is 0 Å². The molecule has 8 atom stereocenters. The highest BCUT2D eigenvalue weighted by Crippen LogP contribution is 2.67. The second kappa shape index (κ2) is 7.80. The summed E-state index contributed by atoms with van der Waals surface area (Å²) in [6.45, 7) is 18.7. The first-order valence-electron chi connectivity index (χ1n) is 12.7. The summed E-state index contributed by atoms with van der Waals surface area (Å²) in [5.41, 5.74) is 2.19. The molecule has 0 aliphatic heterocycles. The van der Waals surface area contributed by atoms with E-state index in [2.05, 4.69) is 69.7 Å². The molecular formula is C27H45BrO2Si. The summed E-state index contributed by atoms with van der Waals surface area (Å²) >= 11 is 4.15. The van der Waals surface area contributed by atoms with Crippen LogP contribution in [0.25, 0.3) is 0 Å². The molecular weight excluding hydrogens is 464 g/mol. The quantitative estimate of drug-likeness (QED) is 0.219. The Kier molecular flexibility index (Phi) is 6.09. The molecule has 0 aromatic heterocycles. The Balaban J connectivity index is 1.58. The predicted molar refractivity (Wildman–Crippen MR) is 136 cm³/mol. The Morgan fingerprint density at radius 1 is 1.10 bits per heavy atom. The van der Waals surface area contributed by atoms with Crippen LogP contribution in [0.4, 0.5) is 0 Å². The van der Waals surface area contributed by atoms with Crippen LogP contribution in [0.5, 0.6) is 0 Å². The highest BCUT2D eigenvalue weighted by atomic mass is 79.9. The lowest BCUT2D eigenvalue weighted by atomic mass is 9.47. The summed E-state index contributed by atoms with van der Waals surface area (Å²) < 4.78 is 6.88. The Bertz CT molecular complexity index is 768. The Labute approximate surface area is 200 Å². The van der Waals surface area contributed by atoms with Crippen molar-refractivity contribution in [2.75, 3.05) is 0 Å². The van der Waals surface area contributed by atoms with Gasteiger partial charge < -0.3 is 4.43 Å². The normalized spacial score (nSPS) is 45.4. The van der Waals surface area contributed by atoms with Crippen molar-refractivity contribution in [1.29, 1.82) is 0 Å². The minimum atomic E-state index is -1.74. The van der Waals surface area contributed by atoms with E-state index in [1.165, 1.54) is 32.1 Å². The van der Waals surface area contributed by atoms with Crippen molar-refractivity contribution in [2.45, 2.75) is 116 Å². The van der Waals surface area contributed by atoms with Crippen molar-refractivity contribution in [2.24, 2.45) is 34.5 Å². The van der Waals surface area contributed by atoms with Gasteiger partial charge in [-0.25, -0.2) is 0 Å². The van der Waals surface area contributed by atoms with Gasteiger partial charge in [0.15, 0.2) is 8.32 Å². The molecule has 3 fully saturated rings. The fraction of sp³-hybridized carbons (Fsp3) is 0.889. The standard InChI is InChI=1S/C27H45BrO2Si/c1-17(29)20-9-10-21-24-22(12-14-27(20,21)6)26(5)13-11-19(15-18(26)16-23(24)28)30-31(7,8)25(2,3)4/h16,19-24H,9-15H2,1-8H3/t19-,20+,21-,22-,23+,24-,26-,27+/m0/s1. The van der Waals surface area contributed by atoms with Gasteiger partial charge in [-0.1, -0.05) is 62.2 Å². The van der Waals surface area contributed by atoms with Crippen LogP contribution in [0.15, 0.2) is 11.6 Å². The molecule has 4 rings (SSSR count). The molecule has 0 heterocycles. The highest BCUT2D eigenvalue weighted by molar-refractivity contribution is 9.09. The van der Waals surface area contributed by atoms with Crippen LogP contribution in [0.2, 0.25) is 18.1 Å². The predicted octanol–water partition coefficient (Wildman–Crippen LogP) is 7.92. The van der Waals surface area contributed by atoms with E-state index in [-0.39, 0.29) is 16.4 Å². The van der Waals surface area contributed by atoms with Crippen LogP contribution in [-0.4, -0.2) is 25.0 Å². The third-order valence-corrected chi connectivity index (χ3v) is 16.2. The molecule has 0 aromatic carbocycles. The molecule has 0 aromatic rings. The first kappa shape index (κ1) is 24.2. The summed E-state index contributed by atoms with van der Waals surface area (Å²) in [4.78, 5) is 12.9. The third-order valence-electron chi connectivity index (χ3n) is 10.8. The van der Waals surface area contributed by atoms with Gasteiger partial charge in [0.1, 0.15) is 5.78 Å². The van der Waals surface area contributed by atoms with Gasteiger partial charge in [0, 0.05) is 16.8 Å².